The van der Waals surface area contributed by atoms with E-state index in [1.165, 1.54) is 17.4 Å². The Morgan fingerprint density at radius 3 is 2.57 bits per heavy atom. The number of nitrogens with one attached hydrogen (secondary N) is 1. The van der Waals surface area contributed by atoms with E-state index in [2.05, 4.69) is 56.5 Å². The Morgan fingerprint density at radius 2 is 1.87 bits per heavy atom. The molecule has 30 heavy (non-hydrogen) atoms. The van der Waals surface area contributed by atoms with Crippen molar-refractivity contribution in [3.63, 3.8) is 0 Å². The molecule has 5 rings (SSSR count). The van der Waals surface area contributed by atoms with Crippen LogP contribution in [0, 0.1) is 0 Å². The number of anilines is 1. The largest absolute Gasteiger partial charge is 0.369 e. The number of fused-ring (bicyclic) bond motifs is 1. The van der Waals surface area contributed by atoms with Crippen LogP contribution >= 0.6 is 24.0 Å². The average Bonchev–Trinajstić information content (AvgIpc) is 3.31. The maximum Gasteiger partial charge on any atom is 0.263 e. The zero-order valence-electron chi connectivity index (χ0n) is 16.4. The van der Waals surface area contributed by atoms with Crippen molar-refractivity contribution in [3.05, 3.63) is 53.2 Å². The molecule has 0 saturated carbocycles. The Labute approximate surface area is 183 Å². The van der Waals surface area contributed by atoms with Gasteiger partial charge in [-0.2, -0.15) is 5.10 Å². The topological polar surface area (TPSA) is 65.8 Å². The molecule has 0 unspecified atom stereocenters. The molecule has 0 spiro atoms. The second kappa shape index (κ2) is 7.82. The molecule has 2 aliphatic heterocycles. The lowest BCUT2D eigenvalue weighted by Gasteiger charge is -2.34. The molecule has 0 aliphatic carbocycles. The van der Waals surface area contributed by atoms with Crippen LogP contribution in [0.15, 0.2) is 47.5 Å². The number of hydrogen-bond donors (Lipinski definition) is 1. The summed E-state index contributed by atoms with van der Waals surface area (Å²) in [6.45, 7) is 4.25. The normalized spacial score (nSPS) is 19.1. The molecule has 152 valence electrons. The molecule has 1 aromatic carbocycles. The van der Waals surface area contributed by atoms with Gasteiger partial charge in [0.15, 0.2) is 5.65 Å². The second-order valence-corrected chi connectivity index (χ2v) is 9.08. The van der Waals surface area contributed by atoms with E-state index in [-0.39, 0.29) is 5.91 Å². The summed E-state index contributed by atoms with van der Waals surface area (Å²) >= 11 is 6.30. The summed E-state index contributed by atoms with van der Waals surface area (Å²) in [6, 6.07) is 12.3. The van der Waals surface area contributed by atoms with Crippen molar-refractivity contribution in [1.29, 1.82) is 0 Å². The van der Waals surface area contributed by atoms with Gasteiger partial charge >= 0.3 is 0 Å². The number of imidazole rings is 1. The summed E-state index contributed by atoms with van der Waals surface area (Å²) in [5, 5.41) is 7.31. The minimum Gasteiger partial charge on any atom is -0.369 e. The van der Waals surface area contributed by atoms with Crippen LogP contribution in [-0.2, 0) is 4.79 Å². The van der Waals surface area contributed by atoms with Gasteiger partial charge in [0.25, 0.3) is 5.91 Å². The summed E-state index contributed by atoms with van der Waals surface area (Å²) in [7, 11) is 2.16. The highest BCUT2D eigenvalue weighted by molar-refractivity contribution is 8.26. The van der Waals surface area contributed by atoms with Gasteiger partial charge in [0.05, 0.1) is 22.5 Å². The highest BCUT2D eigenvalue weighted by Gasteiger charge is 2.22. The first-order valence-corrected chi connectivity index (χ1v) is 10.9. The fourth-order valence-electron chi connectivity index (χ4n) is 3.62. The van der Waals surface area contributed by atoms with Crippen molar-refractivity contribution in [2.75, 3.05) is 38.1 Å². The number of nitrogens with zero attached hydrogens (tertiary/aromatic N) is 5. The number of carbonyl (C=O) groups excluding carboxylic acids is 1. The molecule has 2 saturated heterocycles. The third kappa shape index (κ3) is 3.71. The van der Waals surface area contributed by atoms with Crippen LogP contribution in [-0.4, -0.2) is 63.0 Å². The van der Waals surface area contributed by atoms with Gasteiger partial charge in [0.2, 0.25) is 0 Å². The van der Waals surface area contributed by atoms with Crippen molar-refractivity contribution in [1.82, 2.24) is 24.8 Å². The van der Waals surface area contributed by atoms with Crippen LogP contribution in [0.4, 0.5) is 5.69 Å². The van der Waals surface area contributed by atoms with Crippen molar-refractivity contribution in [2.24, 2.45) is 0 Å². The zero-order valence-corrected chi connectivity index (χ0v) is 18.0. The second-order valence-electron chi connectivity index (χ2n) is 7.36. The summed E-state index contributed by atoms with van der Waals surface area (Å²) in [6.07, 6.45) is 3.58. The first kappa shape index (κ1) is 19.2. The van der Waals surface area contributed by atoms with Crippen LogP contribution in [0.3, 0.4) is 0 Å². The minimum atomic E-state index is -0.183. The lowest BCUT2D eigenvalue weighted by Crippen LogP contribution is -2.44. The Bertz CT molecular complexity index is 1160. The van der Waals surface area contributed by atoms with Crippen molar-refractivity contribution < 1.29 is 4.79 Å². The predicted molar refractivity (Wildman–Crippen MR) is 124 cm³/mol. The van der Waals surface area contributed by atoms with Crippen LogP contribution < -0.4 is 10.2 Å². The number of rotatable bonds is 3. The highest BCUT2D eigenvalue weighted by atomic mass is 32.2. The maximum absolute atomic E-state index is 11.9. The number of thioether (sulfide) groups is 1. The Hall–Kier alpha value is -2.75. The predicted octanol–water partition coefficient (Wildman–Crippen LogP) is 2.64. The smallest absolute Gasteiger partial charge is 0.263 e. The molecular formula is C21H20N6OS2. The third-order valence-electron chi connectivity index (χ3n) is 5.34. The summed E-state index contributed by atoms with van der Waals surface area (Å²) < 4.78 is 2.28. The number of likely N-dealkylation sites (N-methyl/N-ethyl adjacent to an activating group) is 1. The van der Waals surface area contributed by atoms with E-state index in [9.17, 15) is 4.79 Å². The molecule has 7 nitrogen and oxygen atoms in total. The van der Waals surface area contributed by atoms with E-state index in [0.717, 1.165) is 43.1 Å². The lowest BCUT2D eigenvalue weighted by atomic mass is 10.1. The number of hydrogen-bond acceptors (Lipinski definition) is 7. The molecular weight excluding hydrogens is 416 g/mol. The van der Waals surface area contributed by atoms with Gasteiger partial charge in [0, 0.05) is 37.4 Å². The van der Waals surface area contributed by atoms with E-state index >= 15 is 0 Å². The number of carbonyl (C=O) groups is 1. The van der Waals surface area contributed by atoms with Crippen molar-refractivity contribution in [3.8, 4) is 11.3 Å². The SMILES string of the molecule is CN1CCN(c2ccc(-c3cnc4ccc(/C=C5\SC(=S)NC5=O)nn34)cc2)CC1. The van der Waals surface area contributed by atoms with Crippen molar-refractivity contribution >= 4 is 51.6 Å². The molecule has 2 aliphatic rings. The molecule has 2 aromatic heterocycles. The van der Waals surface area contributed by atoms with E-state index < -0.39 is 0 Å². The number of thiocarbonyl (C=S) groups is 1. The van der Waals surface area contributed by atoms with Gasteiger partial charge in [-0.1, -0.05) is 36.1 Å². The van der Waals surface area contributed by atoms with Gasteiger partial charge in [-0.3, -0.25) is 4.79 Å². The van der Waals surface area contributed by atoms with E-state index in [1.54, 1.807) is 6.08 Å². The molecule has 2 fully saturated rings. The van der Waals surface area contributed by atoms with Gasteiger partial charge in [-0.05, 0) is 37.4 Å². The van der Waals surface area contributed by atoms with Gasteiger partial charge in [-0.25, -0.2) is 9.50 Å². The van der Waals surface area contributed by atoms with Crippen LogP contribution in [0.5, 0.6) is 0 Å². The van der Waals surface area contributed by atoms with Crippen molar-refractivity contribution in [2.45, 2.75) is 0 Å². The monoisotopic (exact) mass is 436 g/mol. The molecule has 1 N–H and O–H groups in total. The van der Waals surface area contributed by atoms with E-state index in [4.69, 9.17) is 12.2 Å². The molecule has 0 radical (unpaired) electrons. The first-order chi connectivity index (χ1) is 14.6. The Kier molecular flexibility index (Phi) is 5.01. The maximum atomic E-state index is 11.9. The van der Waals surface area contributed by atoms with Crippen LogP contribution in [0.1, 0.15) is 5.69 Å². The molecule has 0 bridgehead atoms. The number of aromatic nitrogens is 3. The van der Waals surface area contributed by atoms with Gasteiger partial charge in [0.1, 0.15) is 4.32 Å². The summed E-state index contributed by atoms with van der Waals surface area (Å²) in [5.41, 5.74) is 4.63. The van der Waals surface area contributed by atoms with E-state index in [1.807, 2.05) is 22.8 Å². The number of piperazine rings is 1. The average molecular weight is 437 g/mol. The van der Waals surface area contributed by atoms with E-state index in [0.29, 0.717) is 14.9 Å². The summed E-state index contributed by atoms with van der Waals surface area (Å²) in [5.74, 6) is -0.183. The number of amides is 1. The molecule has 9 heteroatoms. The molecule has 4 heterocycles. The first-order valence-electron chi connectivity index (χ1n) is 9.70. The van der Waals surface area contributed by atoms with Crippen LogP contribution in [0.25, 0.3) is 23.0 Å². The fourth-order valence-corrected chi connectivity index (χ4v) is 4.65. The molecule has 3 aromatic rings. The Morgan fingerprint density at radius 1 is 1.10 bits per heavy atom. The molecule has 0 atom stereocenters. The Balaban J connectivity index is 1.44. The van der Waals surface area contributed by atoms with Gasteiger partial charge < -0.3 is 15.1 Å². The number of benzene rings is 1. The molecule has 1 amide bonds. The van der Waals surface area contributed by atoms with Gasteiger partial charge in [-0.15, -0.1) is 0 Å². The fraction of sp³-hybridized carbons (Fsp3) is 0.238. The van der Waals surface area contributed by atoms with Crippen LogP contribution in [0.2, 0.25) is 0 Å². The highest BCUT2D eigenvalue weighted by Crippen LogP contribution is 2.27. The zero-order chi connectivity index (χ0) is 20.7. The third-order valence-corrected chi connectivity index (χ3v) is 6.50. The lowest BCUT2D eigenvalue weighted by molar-refractivity contribution is -0.115. The minimum absolute atomic E-state index is 0.183. The standard InChI is InChI=1S/C21H20N6OS2/c1-25-8-10-26(11-9-25)16-5-2-14(3-6-16)17-13-22-19-7-4-15(24-27(17)19)12-18-20(28)23-21(29)30-18/h2-7,12-13H,8-11H2,1H3,(H,23,28,29)/b18-12-. The quantitative estimate of drug-likeness (QED) is 0.500. The summed E-state index contributed by atoms with van der Waals surface area (Å²) in [4.78, 5) is 21.7.